The molecule has 1 amide bonds. The van der Waals surface area contributed by atoms with Gasteiger partial charge in [-0.3, -0.25) is 4.79 Å². The number of furan rings is 1. The Labute approximate surface area is 167 Å². The van der Waals surface area contributed by atoms with E-state index in [0.29, 0.717) is 42.5 Å². The molecule has 0 unspecified atom stereocenters. The molecule has 29 heavy (non-hydrogen) atoms. The number of carbonyl (C=O) groups is 1. The molecule has 0 saturated heterocycles. The lowest BCUT2D eigenvalue weighted by Crippen LogP contribution is -2.40. The first kappa shape index (κ1) is 17.7. The second-order valence-electron chi connectivity index (χ2n) is 7.29. The number of rotatable bonds is 4. The summed E-state index contributed by atoms with van der Waals surface area (Å²) >= 11 is 0. The molecule has 1 aliphatic heterocycles. The Morgan fingerprint density at radius 1 is 1.21 bits per heavy atom. The zero-order valence-corrected chi connectivity index (χ0v) is 15.8. The maximum absolute atomic E-state index is 14.2. The molecule has 5 nitrogen and oxygen atoms in total. The van der Waals surface area contributed by atoms with Crippen LogP contribution < -0.4 is 0 Å². The Hall–Kier alpha value is -3.41. The summed E-state index contributed by atoms with van der Waals surface area (Å²) < 4.78 is 20.2. The second-order valence-corrected chi connectivity index (χ2v) is 7.29. The number of carbonyl (C=O) groups excluding carboxylic acids is 1. The average molecular weight is 389 g/mol. The van der Waals surface area contributed by atoms with Crippen molar-refractivity contribution < 1.29 is 13.6 Å². The van der Waals surface area contributed by atoms with E-state index in [0.717, 1.165) is 17.0 Å². The van der Waals surface area contributed by atoms with Crippen molar-refractivity contribution in [1.82, 2.24) is 14.9 Å². The smallest absolute Gasteiger partial charge is 0.223 e. The summed E-state index contributed by atoms with van der Waals surface area (Å²) in [5, 5.41) is 0.418. The summed E-state index contributed by atoms with van der Waals surface area (Å²) in [7, 11) is 0. The van der Waals surface area contributed by atoms with E-state index in [9.17, 15) is 9.18 Å². The fourth-order valence-electron chi connectivity index (χ4n) is 4.05. The highest BCUT2D eigenvalue weighted by atomic mass is 19.1. The van der Waals surface area contributed by atoms with Crippen molar-refractivity contribution in [3.8, 4) is 0 Å². The van der Waals surface area contributed by atoms with E-state index >= 15 is 0 Å². The lowest BCUT2D eigenvalue weighted by molar-refractivity contribution is -0.133. The average Bonchev–Trinajstić information content (AvgIpc) is 3.39. The normalized spacial score (nSPS) is 16.2. The lowest BCUT2D eigenvalue weighted by atomic mass is 9.99. The summed E-state index contributed by atoms with van der Waals surface area (Å²) in [5.74, 6) is 0.233. The first-order valence-electron chi connectivity index (χ1n) is 9.74. The van der Waals surface area contributed by atoms with Crippen LogP contribution in [0.4, 0.5) is 4.39 Å². The van der Waals surface area contributed by atoms with Crippen molar-refractivity contribution in [1.29, 1.82) is 0 Å². The van der Waals surface area contributed by atoms with Crippen molar-refractivity contribution in [2.24, 2.45) is 0 Å². The summed E-state index contributed by atoms with van der Waals surface area (Å²) in [6.45, 7) is 0.563. The third-order valence-electron chi connectivity index (χ3n) is 5.51. The minimum Gasteiger partial charge on any atom is -0.458 e. The molecule has 0 radical (unpaired) electrons. The zero-order chi connectivity index (χ0) is 19.8. The van der Waals surface area contributed by atoms with Gasteiger partial charge in [-0.1, -0.05) is 36.4 Å². The Bertz CT molecular complexity index is 1170. The summed E-state index contributed by atoms with van der Waals surface area (Å²) in [5.41, 5.74) is 3.35. The number of halogens is 1. The SMILES string of the molecule is O=C(CCc1ccccc1)N1CCc2[nH]cnc2[C@@H]1c1cc2c(F)cccc2o1. The Kier molecular flexibility index (Phi) is 4.39. The van der Waals surface area contributed by atoms with Gasteiger partial charge in [-0.05, 0) is 30.2 Å². The highest BCUT2D eigenvalue weighted by Gasteiger charge is 2.36. The molecular formula is C23H20FN3O2. The molecule has 1 atom stereocenters. The quantitative estimate of drug-likeness (QED) is 0.563. The van der Waals surface area contributed by atoms with Crippen molar-refractivity contribution in [2.75, 3.05) is 6.54 Å². The molecule has 5 rings (SSSR count). The largest absolute Gasteiger partial charge is 0.458 e. The molecule has 2 aromatic heterocycles. The van der Waals surface area contributed by atoms with Crippen LogP contribution in [0.2, 0.25) is 0 Å². The van der Waals surface area contributed by atoms with Crippen LogP contribution in [0.1, 0.15) is 35.2 Å². The van der Waals surface area contributed by atoms with Gasteiger partial charge in [0.1, 0.15) is 23.2 Å². The maximum Gasteiger partial charge on any atom is 0.223 e. The van der Waals surface area contributed by atoms with Crippen molar-refractivity contribution in [2.45, 2.75) is 25.3 Å². The van der Waals surface area contributed by atoms with Gasteiger partial charge in [-0.25, -0.2) is 9.37 Å². The fraction of sp³-hybridized carbons (Fsp3) is 0.217. The van der Waals surface area contributed by atoms with E-state index in [1.807, 2.05) is 35.2 Å². The maximum atomic E-state index is 14.2. The van der Waals surface area contributed by atoms with E-state index < -0.39 is 6.04 Å². The Morgan fingerprint density at radius 2 is 2.07 bits per heavy atom. The van der Waals surface area contributed by atoms with Gasteiger partial charge in [0.05, 0.1) is 17.4 Å². The Morgan fingerprint density at radius 3 is 2.90 bits per heavy atom. The van der Waals surface area contributed by atoms with Crippen LogP contribution in [0.15, 0.2) is 65.3 Å². The third kappa shape index (κ3) is 3.20. The highest BCUT2D eigenvalue weighted by molar-refractivity contribution is 5.80. The van der Waals surface area contributed by atoms with Crippen LogP contribution >= 0.6 is 0 Å². The molecule has 2 aromatic carbocycles. The molecule has 0 bridgehead atoms. The third-order valence-corrected chi connectivity index (χ3v) is 5.51. The van der Waals surface area contributed by atoms with Crippen LogP contribution in [-0.2, 0) is 17.6 Å². The molecule has 6 heteroatoms. The molecule has 1 N–H and O–H groups in total. The van der Waals surface area contributed by atoms with Crippen LogP contribution in [-0.4, -0.2) is 27.3 Å². The van der Waals surface area contributed by atoms with Crippen molar-refractivity contribution >= 4 is 16.9 Å². The van der Waals surface area contributed by atoms with Gasteiger partial charge in [-0.2, -0.15) is 0 Å². The predicted octanol–water partition coefficient (Wildman–Crippen LogP) is 4.40. The molecule has 0 fully saturated rings. The zero-order valence-electron chi connectivity index (χ0n) is 15.8. The Balaban J connectivity index is 1.48. The molecule has 0 aliphatic carbocycles. The number of benzene rings is 2. The molecule has 146 valence electrons. The number of nitrogens with one attached hydrogen (secondary N) is 1. The number of aromatic amines is 1. The number of amides is 1. The van der Waals surface area contributed by atoms with Crippen LogP contribution in [0.3, 0.4) is 0 Å². The summed E-state index contributed by atoms with van der Waals surface area (Å²) in [4.78, 5) is 22.6. The first-order chi connectivity index (χ1) is 14.2. The van der Waals surface area contributed by atoms with Crippen LogP contribution in [0.5, 0.6) is 0 Å². The van der Waals surface area contributed by atoms with Gasteiger partial charge in [0, 0.05) is 25.1 Å². The fourth-order valence-corrected chi connectivity index (χ4v) is 4.05. The number of nitrogens with zero attached hydrogens (tertiary/aromatic N) is 2. The predicted molar refractivity (Wildman–Crippen MR) is 107 cm³/mol. The van der Waals surface area contributed by atoms with Gasteiger partial charge in [0.2, 0.25) is 5.91 Å². The van der Waals surface area contributed by atoms with E-state index in [1.165, 1.54) is 6.07 Å². The number of hydrogen-bond acceptors (Lipinski definition) is 3. The minimum atomic E-state index is -0.458. The summed E-state index contributed by atoms with van der Waals surface area (Å²) in [6.07, 6.45) is 3.41. The molecule has 3 heterocycles. The number of imidazole rings is 1. The summed E-state index contributed by atoms with van der Waals surface area (Å²) in [6, 6.07) is 16.0. The number of H-pyrrole nitrogens is 1. The van der Waals surface area contributed by atoms with Gasteiger partial charge in [0.15, 0.2) is 0 Å². The first-order valence-corrected chi connectivity index (χ1v) is 9.74. The van der Waals surface area contributed by atoms with Gasteiger partial charge in [-0.15, -0.1) is 0 Å². The number of hydrogen-bond donors (Lipinski definition) is 1. The monoisotopic (exact) mass is 389 g/mol. The van der Waals surface area contributed by atoms with Crippen LogP contribution in [0, 0.1) is 5.82 Å². The number of aromatic nitrogens is 2. The van der Waals surface area contributed by atoms with Gasteiger partial charge >= 0.3 is 0 Å². The second kappa shape index (κ2) is 7.20. The van der Waals surface area contributed by atoms with Gasteiger partial charge < -0.3 is 14.3 Å². The molecule has 0 spiro atoms. The van der Waals surface area contributed by atoms with E-state index in [-0.39, 0.29) is 11.7 Å². The number of aryl methyl sites for hydroxylation is 1. The topological polar surface area (TPSA) is 62.1 Å². The molecular weight excluding hydrogens is 369 g/mol. The standard InChI is InChI=1S/C23H20FN3O2/c24-17-7-4-8-19-16(17)13-20(29-19)23-22-18(25-14-26-22)11-12-27(23)21(28)10-9-15-5-2-1-3-6-15/h1-8,13-14,23H,9-12H2,(H,25,26)/t23-/m0/s1. The molecule has 0 saturated carbocycles. The van der Waals surface area contributed by atoms with Crippen LogP contribution in [0.25, 0.3) is 11.0 Å². The van der Waals surface area contributed by atoms with E-state index in [4.69, 9.17) is 4.42 Å². The van der Waals surface area contributed by atoms with Crippen molar-refractivity contribution in [3.63, 3.8) is 0 Å². The van der Waals surface area contributed by atoms with E-state index in [2.05, 4.69) is 9.97 Å². The highest BCUT2D eigenvalue weighted by Crippen LogP contribution is 2.37. The number of fused-ring (bicyclic) bond motifs is 2. The van der Waals surface area contributed by atoms with Crippen molar-refractivity contribution in [3.05, 3.63) is 89.5 Å². The molecule has 4 aromatic rings. The minimum absolute atomic E-state index is 0.0356. The van der Waals surface area contributed by atoms with Gasteiger partial charge in [0.25, 0.3) is 0 Å². The lowest BCUT2D eigenvalue weighted by Gasteiger charge is -2.33. The van der Waals surface area contributed by atoms with E-state index in [1.54, 1.807) is 24.5 Å². The molecule has 1 aliphatic rings.